The van der Waals surface area contributed by atoms with Gasteiger partial charge in [-0.25, -0.2) is 18.2 Å². The highest BCUT2D eigenvalue weighted by Gasteiger charge is 2.24. The van der Waals surface area contributed by atoms with E-state index < -0.39 is 15.8 Å². The molecular formula is C11H13ClN2O4S. The van der Waals surface area contributed by atoms with E-state index in [1.54, 1.807) is 0 Å². The fraction of sp³-hybridized carbons (Fsp3) is 0.455. The molecule has 0 aromatic carbocycles. The van der Waals surface area contributed by atoms with Crippen molar-refractivity contribution in [2.75, 3.05) is 16.8 Å². The Balaban J connectivity index is 2.12. The summed E-state index contributed by atoms with van der Waals surface area (Å²) in [4.78, 5) is 14.9. The monoisotopic (exact) mass is 304 g/mol. The number of nitrogens with zero attached hydrogens (tertiary/aromatic N) is 1. The number of pyridine rings is 1. The molecule has 0 bridgehead atoms. The van der Waals surface area contributed by atoms with Gasteiger partial charge in [0.05, 0.1) is 22.1 Å². The molecular weight excluding hydrogens is 292 g/mol. The summed E-state index contributed by atoms with van der Waals surface area (Å²) in [6.45, 7) is 0. The number of rotatable bonds is 3. The summed E-state index contributed by atoms with van der Waals surface area (Å²) in [7, 11) is -2.93. The normalized spacial score (nSPS) is 19.0. The third-order valence-corrected chi connectivity index (χ3v) is 5.11. The number of aromatic nitrogens is 1. The Morgan fingerprint density at radius 1 is 1.42 bits per heavy atom. The molecule has 1 fully saturated rings. The lowest BCUT2D eigenvalue weighted by Crippen LogP contribution is -2.32. The number of carboxylic acids is 1. The SMILES string of the molecule is O=C(O)c1ccnc(NC2CCS(=O)(=O)CC2)c1Cl. The zero-order chi connectivity index (χ0) is 14.0. The summed E-state index contributed by atoms with van der Waals surface area (Å²) in [6, 6.07) is 1.26. The largest absolute Gasteiger partial charge is 0.478 e. The first kappa shape index (κ1) is 14.1. The van der Waals surface area contributed by atoms with Gasteiger partial charge in [-0.15, -0.1) is 0 Å². The molecule has 1 aliphatic heterocycles. The van der Waals surface area contributed by atoms with Crippen LogP contribution in [0, 0.1) is 0 Å². The zero-order valence-electron chi connectivity index (χ0n) is 9.97. The zero-order valence-corrected chi connectivity index (χ0v) is 11.5. The van der Waals surface area contributed by atoms with Crippen molar-refractivity contribution in [1.82, 2.24) is 4.98 Å². The van der Waals surface area contributed by atoms with Crippen LogP contribution in [0.5, 0.6) is 0 Å². The standard InChI is InChI=1S/C11H13ClN2O4S/c12-9-8(11(15)16)1-4-13-10(9)14-7-2-5-19(17,18)6-3-7/h1,4,7H,2-3,5-6H2,(H,13,14)(H,15,16). The van der Waals surface area contributed by atoms with Gasteiger partial charge in [0.15, 0.2) is 0 Å². The van der Waals surface area contributed by atoms with E-state index in [1.807, 2.05) is 0 Å². The minimum Gasteiger partial charge on any atom is -0.478 e. The first-order valence-electron chi connectivity index (χ1n) is 5.74. The average Bonchev–Trinajstić information content (AvgIpc) is 2.34. The van der Waals surface area contributed by atoms with E-state index in [9.17, 15) is 13.2 Å². The summed E-state index contributed by atoms with van der Waals surface area (Å²) in [5.41, 5.74) is -0.0254. The molecule has 8 heteroatoms. The van der Waals surface area contributed by atoms with Crippen LogP contribution < -0.4 is 5.32 Å². The van der Waals surface area contributed by atoms with E-state index in [0.717, 1.165) is 0 Å². The van der Waals surface area contributed by atoms with Crippen molar-refractivity contribution in [1.29, 1.82) is 0 Å². The topological polar surface area (TPSA) is 96.4 Å². The third kappa shape index (κ3) is 3.36. The van der Waals surface area contributed by atoms with Gasteiger partial charge in [-0.3, -0.25) is 0 Å². The van der Waals surface area contributed by atoms with Crippen molar-refractivity contribution in [3.05, 3.63) is 22.8 Å². The van der Waals surface area contributed by atoms with Crippen molar-refractivity contribution in [2.45, 2.75) is 18.9 Å². The molecule has 0 radical (unpaired) electrons. The van der Waals surface area contributed by atoms with Gasteiger partial charge < -0.3 is 10.4 Å². The van der Waals surface area contributed by atoms with Gasteiger partial charge in [-0.05, 0) is 18.9 Å². The van der Waals surface area contributed by atoms with Crippen LogP contribution in [0.15, 0.2) is 12.3 Å². The predicted molar refractivity (Wildman–Crippen MR) is 71.5 cm³/mol. The van der Waals surface area contributed by atoms with E-state index >= 15 is 0 Å². The number of sulfone groups is 1. The van der Waals surface area contributed by atoms with E-state index in [1.165, 1.54) is 12.3 Å². The molecule has 6 nitrogen and oxygen atoms in total. The minimum absolute atomic E-state index is 0.0254. The van der Waals surface area contributed by atoms with Gasteiger partial charge >= 0.3 is 5.97 Å². The second kappa shape index (κ2) is 5.34. The van der Waals surface area contributed by atoms with Crippen LogP contribution in [0.4, 0.5) is 5.82 Å². The van der Waals surface area contributed by atoms with Crippen molar-refractivity contribution in [3.63, 3.8) is 0 Å². The number of carbonyl (C=O) groups is 1. The summed E-state index contributed by atoms with van der Waals surface area (Å²) < 4.78 is 22.6. The molecule has 0 spiro atoms. The molecule has 0 saturated carbocycles. The van der Waals surface area contributed by atoms with Crippen LogP contribution in [-0.2, 0) is 9.84 Å². The number of hydrogen-bond donors (Lipinski definition) is 2. The summed E-state index contributed by atoms with van der Waals surface area (Å²) >= 11 is 5.95. The maximum Gasteiger partial charge on any atom is 0.337 e. The highest BCUT2D eigenvalue weighted by Crippen LogP contribution is 2.26. The molecule has 0 atom stereocenters. The van der Waals surface area contributed by atoms with Gasteiger partial charge in [-0.2, -0.15) is 0 Å². The summed E-state index contributed by atoms with van der Waals surface area (Å²) in [5.74, 6) is -0.588. The second-order valence-electron chi connectivity index (χ2n) is 4.40. The molecule has 0 amide bonds. The molecule has 2 heterocycles. The van der Waals surface area contributed by atoms with E-state index in [0.29, 0.717) is 12.8 Å². The molecule has 2 N–H and O–H groups in total. The van der Waals surface area contributed by atoms with Crippen molar-refractivity contribution in [3.8, 4) is 0 Å². The number of hydrogen-bond acceptors (Lipinski definition) is 5. The number of nitrogens with one attached hydrogen (secondary N) is 1. The molecule has 0 aliphatic carbocycles. The number of anilines is 1. The van der Waals surface area contributed by atoms with Gasteiger partial charge in [0.2, 0.25) is 0 Å². The van der Waals surface area contributed by atoms with Crippen molar-refractivity contribution in [2.24, 2.45) is 0 Å². The summed E-state index contributed by atoms with van der Waals surface area (Å²) in [5, 5.41) is 12.0. The molecule has 19 heavy (non-hydrogen) atoms. The average molecular weight is 305 g/mol. The maximum atomic E-state index is 11.3. The second-order valence-corrected chi connectivity index (χ2v) is 7.08. The van der Waals surface area contributed by atoms with E-state index in [-0.39, 0.29) is 34.0 Å². The quantitative estimate of drug-likeness (QED) is 0.876. The third-order valence-electron chi connectivity index (χ3n) is 3.02. The van der Waals surface area contributed by atoms with Crippen molar-refractivity contribution >= 4 is 33.2 Å². The summed E-state index contributed by atoms with van der Waals surface area (Å²) in [6.07, 6.45) is 2.30. The molecule has 1 saturated heterocycles. The van der Waals surface area contributed by atoms with E-state index in [2.05, 4.69) is 10.3 Å². The molecule has 1 aliphatic rings. The smallest absolute Gasteiger partial charge is 0.337 e. The lowest BCUT2D eigenvalue weighted by atomic mass is 10.1. The van der Waals surface area contributed by atoms with Crippen LogP contribution in [0.3, 0.4) is 0 Å². The lowest BCUT2D eigenvalue weighted by molar-refractivity contribution is 0.0697. The maximum absolute atomic E-state index is 11.3. The van der Waals surface area contributed by atoms with Crippen LogP contribution in [-0.4, -0.2) is 42.0 Å². The van der Waals surface area contributed by atoms with Crippen molar-refractivity contribution < 1.29 is 18.3 Å². The van der Waals surface area contributed by atoms with Crippen LogP contribution in [0.1, 0.15) is 23.2 Å². The fourth-order valence-corrected chi connectivity index (χ4v) is 3.68. The van der Waals surface area contributed by atoms with Gasteiger partial charge in [0.25, 0.3) is 0 Å². The Kier molecular flexibility index (Phi) is 3.96. The first-order chi connectivity index (χ1) is 8.89. The fourth-order valence-electron chi connectivity index (χ4n) is 1.94. The molecule has 0 unspecified atom stereocenters. The van der Waals surface area contributed by atoms with E-state index in [4.69, 9.17) is 16.7 Å². The van der Waals surface area contributed by atoms with Crippen LogP contribution >= 0.6 is 11.6 Å². The first-order valence-corrected chi connectivity index (χ1v) is 7.94. The minimum atomic E-state index is -2.93. The number of aromatic carboxylic acids is 1. The lowest BCUT2D eigenvalue weighted by Gasteiger charge is -2.24. The molecule has 1 aromatic heterocycles. The molecule has 104 valence electrons. The number of carboxylic acid groups (broad SMARTS) is 1. The van der Waals surface area contributed by atoms with Crippen LogP contribution in [0.2, 0.25) is 5.02 Å². The van der Waals surface area contributed by atoms with Gasteiger partial charge in [-0.1, -0.05) is 11.6 Å². The Hall–Kier alpha value is -1.34. The Morgan fingerprint density at radius 2 is 2.05 bits per heavy atom. The highest BCUT2D eigenvalue weighted by molar-refractivity contribution is 7.91. The molecule has 2 rings (SSSR count). The highest BCUT2D eigenvalue weighted by atomic mass is 35.5. The predicted octanol–water partition coefficient (Wildman–Crippen LogP) is 1.42. The molecule has 1 aromatic rings. The Morgan fingerprint density at radius 3 is 2.63 bits per heavy atom. The Bertz CT molecular complexity index is 589. The van der Waals surface area contributed by atoms with Crippen LogP contribution in [0.25, 0.3) is 0 Å². The van der Waals surface area contributed by atoms with Gasteiger partial charge in [0, 0.05) is 12.2 Å². The number of halogens is 1. The Labute approximate surface area is 115 Å². The van der Waals surface area contributed by atoms with Gasteiger partial charge in [0.1, 0.15) is 15.7 Å².